The molecule has 1 aromatic carbocycles. The van der Waals surface area contributed by atoms with Gasteiger partial charge in [0, 0.05) is 25.2 Å². The Balaban J connectivity index is 2.17. The molecule has 0 radical (unpaired) electrons. The number of methoxy groups -OCH3 is 1. The van der Waals surface area contributed by atoms with Gasteiger partial charge in [0.1, 0.15) is 6.61 Å². The van der Waals surface area contributed by atoms with Crippen molar-refractivity contribution in [2.45, 2.75) is 19.8 Å². The number of nitrogens with zero attached hydrogens (tertiary/aromatic N) is 2. The zero-order valence-electron chi connectivity index (χ0n) is 13.7. The molecular weight excluding hydrogens is 294 g/mol. The number of carbonyl (C=O) groups is 1. The maximum Gasteiger partial charge on any atom is 0.254 e. The van der Waals surface area contributed by atoms with Crippen molar-refractivity contribution in [2.75, 3.05) is 33.4 Å². The molecule has 0 aromatic heterocycles. The highest BCUT2D eigenvalue weighted by atomic mass is 16.5. The second kappa shape index (κ2) is 7.34. The van der Waals surface area contributed by atoms with Crippen molar-refractivity contribution in [3.63, 3.8) is 0 Å². The lowest BCUT2D eigenvalue weighted by molar-refractivity contribution is 0.0629. The number of hydrogen-bond acceptors (Lipinski definition) is 5. The molecule has 0 spiro atoms. The number of carbonyl (C=O) groups excluding carboxylic acids is 1. The monoisotopic (exact) mass is 317 g/mol. The molecule has 0 saturated carbocycles. The van der Waals surface area contributed by atoms with E-state index in [2.05, 4.69) is 6.07 Å². The number of piperidine rings is 1. The fourth-order valence-corrected chi connectivity index (χ4v) is 2.78. The van der Waals surface area contributed by atoms with Crippen LogP contribution in [0.3, 0.4) is 0 Å². The maximum atomic E-state index is 12.7. The summed E-state index contributed by atoms with van der Waals surface area (Å²) in [6, 6.07) is 7.43. The number of nitriles is 1. The smallest absolute Gasteiger partial charge is 0.254 e. The predicted molar refractivity (Wildman–Crippen MR) is 86.4 cm³/mol. The molecule has 2 N–H and O–H groups in total. The topological polar surface area (TPSA) is 88.6 Å². The summed E-state index contributed by atoms with van der Waals surface area (Å²) in [4.78, 5) is 14.4. The fraction of sp³-hybridized carbons (Fsp3) is 0.529. The number of amides is 1. The van der Waals surface area contributed by atoms with Gasteiger partial charge in [0.25, 0.3) is 5.91 Å². The Morgan fingerprint density at radius 1 is 1.48 bits per heavy atom. The lowest BCUT2D eigenvalue weighted by atomic mass is 9.83. The van der Waals surface area contributed by atoms with Crippen LogP contribution in [0.15, 0.2) is 18.2 Å². The molecule has 1 saturated heterocycles. The van der Waals surface area contributed by atoms with E-state index in [-0.39, 0.29) is 5.91 Å². The Morgan fingerprint density at radius 2 is 2.26 bits per heavy atom. The van der Waals surface area contributed by atoms with Crippen LogP contribution < -0.4 is 15.2 Å². The molecule has 23 heavy (non-hydrogen) atoms. The van der Waals surface area contributed by atoms with Gasteiger partial charge in [-0.1, -0.05) is 0 Å². The third kappa shape index (κ3) is 3.93. The van der Waals surface area contributed by atoms with E-state index in [1.807, 2.05) is 6.92 Å². The molecule has 1 heterocycles. The number of hydrogen-bond donors (Lipinski definition) is 1. The van der Waals surface area contributed by atoms with Gasteiger partial charge in [-0.15, -0.1) is 0 Å². The predicted octanol–water partition coefficient (Wildman–Crippen LogP) is 1.80. The van der Waals surface area contributed by atoms with Crippen molar-refractivity contribution in [3.8, 4) is 17.6 Å². The minimum Gasteiger partial charge on any atom is -0.493 e. The number of benzene rings is 1. The zero-order chi connectivity index (χ0) is 16.9. The van der Waals surface area contributed by atoms with Crippen LogP contribution >= 0.6 is 0 Å². The zero-order valence-corrected chi connectivity index (χ0v) is 13.7. The molecule has 1 atom stereocenters. The van der Waals surface area contributed by atoms with Gasteiger partial charge in [0.2, 0.25) is 0 Å². The summed E-state index contributed by atoms with van der Waals surface area (Å²) in [5, 5.41) is 9.29. The number of nitrogens with two attached hydrogens (primary N) is 1. The van der Waals surface area contributed by atoms with Crippen molar-refractivity contribution < 1.29 is 14.3 Å². The van der Waals surface area contributed by atoms with Crippen molar-refractivity contribution in [1.29, 1.82) is 5.26 Å². The van der Waals surface area contributed by atoms with Crippen LogP contribution in [0.25, 0.3) is 0 Å². The quantitative estimate of drug-likeness (QED) is 0.894. The molecule has 1 aromatic rings. The van der Waals surface area contributed by atoms with Crippen LogP contribution in [0.1, 0.15) is 30.1 Å². The van der Waals surface area contributed by atoms with E-state index in [0.29, 0.717) is 43.3 Å². The van der Waals surface area contributed by atoms with Gasteiger partial charge in [-0.05, 0) is 38.0 Å². The van der Waals surface area contributed by atoms with E-state index in [1.165, 1.54) is 7.11 Å². The maximum absolute atomic E-state index is 12.7. The van der Waals surface area contributed by atoms with Gasteiger partial charge in [0.15, 0.2) is 11.5 Å². The molecule has 1 aliphatic rings. The van der Waals surface area contributed by atoms with Crippen molar-refractivity contribution in [3.05, 3.63) is 23.8 Å². The van der Waals surface area contributed by atoms with E-state index in [0.717, 1.165) is 12.8 Å². The molecule has 1 amide bonds. The Kier molecular flexibility index (Phi) is 5.45. The summed E-state index contributed by atoms with van der Waals surface area (Å²) in [6.45, 7) is 3.82. The summed E-state index contributed by atoms with van der Waals surface area (Å²) in [6.07, 6.45) is 1.66. The molecule has 2 rings (SSSR count). The van der Waals surface area contributed by atoms with Crippen LogP contribution in [0.4, 0.5) is 0 Å². The molecule has 124 valence electrons. The van der Waals surface area contributed by atoms with Gasteiger partial charge >= 0.3 is 0 Å². The molecule has 1 fully saturated rings. The van der Waals surface area contributed by atoms with Crippen LogP contribution in [-0.4, -0.2) is 44.2 Å². The first-order valence-electron chi connectivity index (χ1n) is 7.74. The first-order chi connectivity index (χ1) is 11.0. The Bertz CT molecular complexity index is 612. The lowest BCUT2D eigenvalue weighted by Gasteiger charge is -2.36. The summed E-state index contributed by atoms with van der Waals surface area (Å²) in [5.41, 5.74) is 5.49. The van der Waals surface area contributed by atoms with Gasteiger partial charge in [-0.2, -0.15) is 5.26 Å². The van der Waals surface area contributed by atoms with E-state index in [9.17, 15) is 10.1 Å². The first kappa shape index (κ1) is 17.1. The number of rotatable bonds is 5. The molecule has 1 unspecified atom stereocenters. The SMILES string of the molecule is COc1cc(C(=O)N2CCCC(C)(C#N)C2)ccc1OCCN. The van der Waals surface area contributed by atoms with E-state index in [1.54, 1.807) is 23.1 Å². The van der Waals surface area contributed by atoms with Gasteiger partial charge < -0.3 is 20.1 Å². The number of ether oxygens (including phenoxy) is 2. The van der Waals surface area contributed by atoms with Gasteiger partial charge in [-0.25, -0.2) is 0 Å². The van der Waals surface area contributed by atoms with Crippen LogP contribution in [-0.2, 0) is 0 Å². The first-order valence-corrected chi connectivity index (χ1v) is 7.74. The molecule has 0 aliphatic carbocycles. The molecule has 6 heteroatoms. The largest absolute Gasteiger partial charge is 0.493 e. The molecule has 0 bridgehead atoms. The molecule has 6 nitrogen and oxygen atoms in total. The second-order valence-corrected chi connectivity index (χ2v) is 6.01. The fourth-order valence-electron chi connectivity index (χ4n) is 2.78. The van der Waals surface area contributed by atoms with Crippen LogP contribution in [0, 0.1) is 16.7 Å². The van der Waals surface area contributed by atoms with Crippen LogP contribution in [0.2, 0.25) is 0 Å². The molecule has 1 aliphatic heterocycles. The average Bonchev–Trinajstić information content (AvgIpc) is 2.59. The van der Waals surface area contributed by atoms with Crippen molar-refractivity contribution >= 4 is 5.91 Å². The Labute approximate surface area is 136 Å². The average molecular weight is 317 g/mol. The van der Waals surface area contributed by atoms with Crippen LogP contribution in [0.5, 0.6) is 11.5 Å². The second-order valence-electron chi connectivity index (χ2n) is 6.01. The summed E-state index contributed by atoms with van der Waals surface area (Å²) in [5.74, 6) is 0.981. The van der Waals surface area contributed by atoms with Crippen molar-refractivity contribution in [2.24, 2.45) is 11.1 Å². The standard InChI is InChI=1S/C17H23N3O3/c1-17(11-19)6-3-8-20(12-17)16(21)13-4-5-14(23-9-7-18)15(10-13)22-2/h4-5,10H,3,6-9,12,18H2,1-2H3. The summed E-state index contributed by atoms with van der Waals surface area (Å²) >= 11 is 0. The minimum absolute atomic E-state index is 0.0881. The van der Waals surface area contributed by atoms with E-state index >= 15 is 0 Å². The third-order valence-electron chi connectivity index (χ3n) is 4.04. The third-order valence-corrected chi connectivity index (χ3v) is 4.04. The van der Waals surface area contributed by atoms with Gasteiger partial charge in [0.05, 0.1) is 18.6 Å². The highest BCUT2D eigenvalue weighted by Gasteiger charge is 2.33. The Morgan fingerprint density at radius 3 is 2.91 bits per heavy atom. The normalized spacial score (nSPS) is 20.7. The van der Waals surface area contributed by atoms with E-state index in [4.69, 9.17) is 15.2 Å². The van der Waals surface area contributed by atoms with E-state index < -0.39 is 5.41 Å². The van der Waals surface area contributed by atoms with Crippen molar-refractivity contribution in [1.82, 2.24) is 4.90 Å². The van der Waals surface area contributed by atoms with Gasteiger partial charge in [-0.3, -0.25) is 4.79 Å². The molecular formula is C17H23N3O3. The highest BCUT2D eigenvalue weighted by molar-refractivity contribution is 5.95. The number of likely N-dealkylation sites (tertiary alicyclic amines) is 1. The highest BCUT2D eigenvalue weighted by Crippen LogP contribution is 2.31. The Hall–Kier alpha value is -2.26. The summed E-state index contributed by atoms with van der Waals surface area (Å²) in [7, 11) is 1.53. The minimum atomic E-state index is -0.470. The lowest BCUT2D eigenvalue weighted by Crippen LogP contribution is -2.44. The summed E-state index contributed by atoms with van der Waals surface area (Å²) < 4.78 is 10.8.